The SMILES string of the molecule is NC(F)C(O)(F)c1ccccc1. The Morgan fingerprint density at radius 1 is 1.33 bits per heavy atom. The molecule has 1 rings (SSSR count). The largest absolute Gasteiger partial charge is 0.355 e. The van der Waals surface area contributed by atoms with Crippen LogP contribution in [-0.2, 0) is 5.85 Å². The summed E-state index contributed by atoms with van der Waals surface area (Å²) in [5, 5.41) is 8.90. The van der Waals surface area contributed by atoms with Crippen molar-refractivity contribution in [3.63, 3.8) is 0 Å². The van der Waals surface area contributed by atoms with E-state index in [0.29, 0.717) is 0 Å². The molecule has 1 aromatic carbocycles. The molecule has 0 spiro atoms. The predicted octanol–water partition coefficient (Wildman–Crippen LogP) is 1.06. The van der Waals surface area contributed by atoms with Gasteiger partial charge in [0.1, 0.15) is 0 Å². The Morgan fingerprint density at radius 2 is 1.83 bits per heavy atom. The first-order valence-corrected chi connectivity index (χ1v) is 3.41. The van der Waals surface area contributed by atoms with Crippen LogP contribution >= 0.6 is 0 Å². The minimum Gasteiger partial charge on any atom is -0.355 e. The zero-order valence-corrected chi connectivity index (χ0v) is 6.24. The van der Waals surface area contributed by atoms with Crippen molar-refractivity contribution in [1.29, 1.82) is 0 Å². The molecule has 2 nitrogen and oxygen atoms in total. The van der Waals surface area contributed by atoms with Gasteiger partial charge in [-0.25, -0.2) is 8.78 Å². The third kappa shape index (κ3) is 1.60. The van der Waals surface area contributed by atoms with E-state index in [2.05, 4.69) is 5.73 Å². The van der Waals surface area contributed by atoms with Crippen molar-refractivity contribution < 1.29 is 13.9 Å². The van der Waals surface area contributed by atoms with Gasteiger partial charge in [-0.1, -0.05) is 30.3 Å². The third-order valence-corrected chi connectivity index (χ3v) is 1.54. The second-order valence-corrected chi connectivity index (χ2v) is 2.44. The Kier molecular flexibility index (Phi) is 2.40. The fourth-order valence-corrected chi connectivity index (χ4v) is 0.831. The molecule has 3 N–H and O–H groups in total. The number of hydrogen-bond donors (Lipinski definition) is 2. The molecule has 66 valence electrons. The van der Waals surface area contributed by atoms with Crippen molar-refractivity contribution in [2.45, 2.75) is 12.2 Å². The highest BCUT2D eigenvalue weighted by atomic mass is 19.2. The van der Waals surface area contributed by atoms with Crippen molar-refractivity contribution in [3.8, 4) is 0 Å². The Balaban J connectivity index is 2.98. The fraction of sp³-hybridized carbons (Fsp3) is 0.250. The Bertz CT molecular complexity index is 248. The molecule has 0 aliphatic heterocycles. The molecule has 0 bridgehead atoms. The van der Waals surface area contributed by atoms with Crippen LogP contribution in [0.25, 0.3) is 0 Å². The van der Waals surface area contributed by atoms with Gasteiger partial charge < -0.3 is 5.11 Å². The molecule has 0 aromatic heterocycles. The number of hydrogen-bond acceptors (Lipinski definition) is 2. The maximum Gasteiger partial charge on any atom is 0.277 e. The van der Waals surface area contributed by atoms with Gasteiger partial charge in [0.05, 0.1) is 0 Å². The smallest absolute Gasteiger partial charge is 0.277 e. The van der Waals surface area contributed by atoms with Gasteiger partial charge in [-0.05, 0) is 0 Å². The van der Waals surface area contributed by atoms with Gasteiger partial charge in [-0.3, -0.25) is 5.73 Å². The summed E-state index contributed by atoms with van der Waals surface area (Å²) in [5.74, 6) is -3.10. The van der Waals surface area contributed by atoms with E-state index in [1.165, 1.54) is 24.3 Å². The van der Waals surface area contributed by atoms with E-state index in [0.717, 1.165) is 0 Å². The lowest BCUT2D eigenvalue weighted by Gasteiger charge is -2.19. The van der Waals surface area contributed by atoms with Crippen molar-refractivity contribution in [2.75, 3.05) is 0 Å². The normalized spacial score (nSPS) is 18.3. The number of benzene rings is 1. The topological polar surface area (TPSA) is 46.2 Å². The van der Waals surface area contributed by atoms with Crippen molar-refractivity contribution in [1.82, 2.24) is 0 Å². The molecule has 1 aromatic rings. The number of halogens is 2. The van der Waals surface area contributed by atoms with E-state index >= 15 is 0 Å². The molecule has 0 fully saturated rings. The van der Waals surface area contributed by atoms with Crippen LogP contribution in [0, 0.1) is 0 Å². The minimum atomic E-state index is -3.10. The summed E-state index contributed by atoms with van der Waals surface area (Å²) >= 11 is 0. The van der Waals surface area contributed by atoms with Crippen LogP contribution in [0.1, 0.15) is 5.56 Å². The van der Waals surface area contributed by atoms with Crippen LogP contribution in [0.3, 0.4) is 0 Å². The Morgan fingerprint density at radius 3 is 2.25 bits per heavy atom. The molecular formula is C8H9F2NO. The van der Waals surface area contributed by atoms with Crippen LogP contribution in [0.2, 0.25) is 0 Å². The van der Waals surface area contributed by atoms with Gasteiger partial charge in [-0.15, -0.1) is 0 Å². The average Bonchev–Trinajstić information content (AvgIpc) is 2.06. The van der Waals surface area contributed by atoms with Crippen molar-refractivity contribution in [3.05, 3.63) is 35.9 Å². The van der Waals surface area contributed by atoms with E-state index < -0.39 is 12.2 Å². The molecule has 0 heterocycles. The standard InChI is InChI=1S/C8H9F2NO/c9-7(11)8(10,12)6-4-2-1-3-5-6/h1-5,7,12H,11H2. The number of nitrogens with two attached hydrogens (primary N) is 1. The van der Waals surface area contributed by atoms with E-state index in [-0.39, 0.29) is 5.56 Å². The lowest BCUT2D eigenvalue weighted by Crippen LogP contribution is -2.38. The second-order valence-electron chi connectivity index (χ2n) is 2.44. The molecule has 0 aliphatic carbocycles. The third-order valence-electron chi connectivity index (χ3n) is 1.54. The predicted molar refractivity (Wildman–Crippen MR) is 40.5 cm³/mol. The van der Waals surface area contributed by atoms with Crippen LogP contribution in [0.5, 0.6) is 0 Å². The van der Waals surface area contributed by atoms with Crippen LogP contribution in [0.4, 0.5) is 8.78 Å². The van der Waals surface area contributed by atoms with Crippen LogP contribution in [0.15, 0.2) is 30.3 Å². The maximum atomic E-state index is 13.0. The fourth-order valence-electron chi connectivity index (χ4n) is 0.831. The summed E-state index contributed by atoms with van der Waals surface area (Å²) in [4.78, 5) is 0. The summed E-state index contributed by atoms with van der Waals surface area (Å²) in [6.07, 6.45) is -2.43. The number of aliphatic hydroxyl groups is 1. The van der Waals surface area contributed by atoms with E-state index in [9.17, 15) is 8.78 Å². The summed E-state index contributed by atoms with van der Waals surface area (Å²) in [5.41, 5.74) is 4.43. The minimum absolute atomic E-state index is 0.181. The van der Waals surface area contributed by atoms with Gasteiger partial charge >= 0.3 is 0 Å². The Hall–Kier alpha value is -1.00. The number of rotatable bonds is 2. The number of alkyl halides is 2. The van der Waals surface area contributed by atoms with E-state index in [1.807, 2.05) is 0 Å². The van der Waals surface area contributed by atoms with Crippen LogP contribution in [-0.4, -0.2) is 11.4 Å². The quantitative estimate of drug-likeness (QED) is 0.657. The summed E-state index contributed by atoms with van der Waals surface area (Å²) in [6.45, 7) is 0. The monoisotopic (exact) mass is 173 g/mol. The molecule has 4 heteroatoms. The zero-order valence-electron chi connectivity index (χ0n) is 6.24. The first-order chi connectivity index (χ1) is 5.55. The molecule has 0 saturated heterocycles. The molecule has 0 amide bonds. The lowest BCUT2D eigenvalue weighted by molar-refractivity contribution is -0.149. The summed E-state index contributed by atoms with van der Waals surface area (Å²) < 4.78 is 25.3. The molecule has 0 saturated carbocycles. The highest BCUT2D eigenvalue weighted by molar-refractivity contribution is 5.20. The Labute approximate surface area is 68.6 Å². The summed E-state index contributed by atoms with van der Waals surface area (Å²) in [6, 6.07) is 7.13. The van der Waals surface area contributed by atoms with Crippen molar-refractivity contribution in [2.24, 2.45) is 5.73 Å². The van der Waals surface area contributed by atoms with Crippen LogP contribution < -0.4 is 5.73 Å². The molecule has 2 unspecified atom stereocenters. The molecule has 0 radical (unpaired) electrons. The van der Waals surface area contributed by atoms with E-state index in [1.54, 1.807) is 6.07 Å². The molecule has 2 atom stereocenters. The highest BCUT2D eigenvalue weighted by Crippen LogP contribution is 2.25. The second kappa shape index (κ2) is 3.16. The summed E-state index contributed by atoms with van der Waals surface area (Å²) in [7, 11) is 0. The molecular weight excluding hydrogens is 164 g/mol. The average molecular weight is 173 g/mol. The van der Waals surface area contributed by atoms with Gasteiger partial charge in [0.25, 0.3) is 5.85 Å². The molecule has 0 aliphatic rings. The van der Waals surface area contributed by atoms with E-state index in [4.69, 9.17) is 5.11 Å². The highest BCUT2D eigenvalue weighted by Gasteiger charge is 2.36. The maximum absolute atomic E-state index is 13.0. The zero-order chi connectivity index (χ0) is 9.19. The first kappa shape index (κ1) is 9.09. The van der Waals surface area contributed by atoms with Crippen molar-refractivity contribution >= 4 is 0 Å². The van der Waals surface area contributed by atoms with Gasteiger partial charge in [-0.2, -0.15) is 0 Å². The first-order valence-electron chi connectivity index (χ1n) is 3.41. The van der Waals surface area contributed by atoms with Gasteiger partial charge in [0.15, 0.2) is 0 Å². The lowest BCUT2D eigenvalue weighted by atomic mass is 10.1. The van der Waals surface area contributed by atoms with Gasteiger partial charge in [0, 0.05) is 5.56 Å². The van der Waals surface area contributed by atoms with Gasteiger partial charge in [0.2, 0.25) is 6.30 Å². The molecule has 12 heavy (non-hydrogen) atoms.